The second-order valence-electron chi connectivity index (χ2n) is 3.14. The second-order valence-corrected chi connectivity index (χ2v) is 3.82. The van der Waals surface area contributed by atoms with Gasteiger partial charge in [-0.15, -0.1) is 0 Å². The summed E-state index contributed by atoms with van der Waals surface area (Å²) < 4.78 is 0. The Morgan fingerprint density at radius 3 is 2.17 bits per heavy atom. The van der Waals surface area contributed by atoms with Crippen LogP contribution in [0.15, 0.2) is 30.3 Å². The molecule has 2 amide bonds. The fourth-order valence-electron chi connectivity index (χ4n) is 1.17. The minimum Gasteiger partial charge on any atom is -0.308 e. The molecule has 0 saturated heterocycles. The maximum absolute atomic E-state index is 11.6. The standard InChI is InChI=1S/C10H7Cl2N5O/c11-7-14-8(12)16-9(15-7)17-10(18)13-6-4-2-1-3-5-6/h1-5H,(H2,13,14,15,16,17,18). The summed E-state index contributed by atoms with van der Waals surface area (Å²) in [5.74, 6) is -0.0200. The van der Waals surface area contributed by atoms with Gasteiger partial charge in [-0.25, -0.2) is 4.79 Å². The Bertz CT molecular complexity index is 543. The predicted molar refractivity (Wildman–Crippen MR) is 68.9 cm³/mol. The van der Waals surface area contributed by atoms with Crippen molar-refractivity contribution in [3.8, 4) is 0 Å². The smallest absolute Gasteiger partial charge is 0.308 e. The van der Waals surface area contributed by atoms with Gasteiger partial charge in [-0.2, -0.15) is 15.0 Å². The third-order valence-electron chi connectivity index (χ3n) is 1.84. The van der Waals surface area contributed by atoms with E-state index in [1.165, 1.54) is 0 Å². The van der Waals surface area contributed by atoms with Gasteiger partial charge in [0, 0.05) is 5.69 Å². The highest BCUT2D eigenvalue weighted by Crippen LogP contribution is 2.10. The van der Waals surface area contributed by atoms with Crippen molar-refractivity contribution in [1.29, 1.82) is 0 Å². The SMILES string of the molecule is O=C(Nc1ccccc1)Nc1nc(Cl)nc(Cl)n1. The zero-order chi connectivity index (χ0) is 13.0. The van der Waals surface area contributed by atoms with E-state index in [0.29, 0.717) is 5.69 Å². The quantitative estimate of drug-likeness (QED) is 0.888. The molecule has 0 saturated carbocycles. The molecule has 1 aromatic heterocycles. The number of para-hydroxylation sites is 1. The molecule has 0 aliphatic carbocycles. The van der Waals surface area contributed by atoms with Crippen molar-refractivity contribution in [2.45, 2.75) is 0 Å². The highest BCUT2D eigenvalue weighted by Gasteiger charge is 2.07. The Kier molecular flexibility index (Phi) is 3.91. The van der Waals surface area contributed by atoms with E-state index < -0.39 is 6.03 Å². The minimum absolute atomic E-state index is 0.0200. The van der Waals surface area contributed by atoms with Gasteiger partial charge in [-0.05, 0) is 35.3 Å². The number of nitrogens with one attached hydrogen (secondary N) is 2. The lowest BCUT2D eigenvalue weighted by atomic mass is 10.3. The number of hydrogen-bond donors (Lipinski definition) is 2. The van der Waals surface area contributed by atoms with Crippen LogP contribution in [0.1, 0.15) is 0 Å². The Labute approximate surface area is 112 Å². The van der Waals surface area contributed by atoms with Crippen molar-refractivity contribution in [2.24, 2.45) is 0 Å². The van der Waals surface area contributed by atoms with Gasteiger partial charge in [-0.1, -0.05) is 18.2 Å². The van der Waals surface area contributed by atoms with E-state index in [2.05, 4.69) is 25.6 Å². The van der Waals surface area contributed by atoms with Gasteiger partial charge in [0.15, 0.2) is 0 Å². The van der Waals surface area contributed by atoms with E-state index in [1.54, 1.807) is 24.3 Å². The zero-order valence-electron chi connectivity index (χ0n) is 8.89. The molecule has 92 valence electrons. The topological polar surface area (TPSA) is 79.8 Å². The summed E-state index contributed by atoms with van der Waals surface area (Å²) in [7, 11) is 0. The molecule has 8 heteroatoms. The maximum atomic E-state index is 11.6. The van der Waals surface area contributed by atoms with Gasteiger partial charge in [0.25, 0.3) is 0 Å². The number of nitrogens with zero attached hydrogens (tertiary/aromatic N) is 3. The number of carbonyl (C=O) groups excluding carboxylic acids is 1. The predicted octanol–water partition coefficient (Wildman–Crippen LogP) is 2.82. The van der Waals surface area contributed by atoms with Crippen LogP contribution in [0, 0.1) is 0 Å². The molecule has 0 atom stereocenters. The van der Waals surface area contributed by atoms with Gasteiger partial charge in [-0.3, -0.25) is 5.32 Å². The molecule has 0 fully saturated rings. The monoisotopic (exact) mass is 283 g/mol. The lowest BCUT2D eigenvalue weighted by Gasteiger charge is -2.06. The van der Waals surface area contributed by atoms with Gasteiger partial charge < -0.3 is 5.32 Å². The van der Waals surface area contributed by atoms with E-state index in [9.17, 15) is 4.79 Å². The third kappa shape index (κ3) is 3.54. The summed E-state index contributed by atoms with van der Waals surface area (Å²) in [6.07, 6.45) is 0. The molecule has 0 aliphatic rings. The summed E-state index contributed by atoms with van der Waals surface area (Å²) >= 11 is 11.2. The molecule has 0 radical (unpaired) electrons. The van der Waals surface area contributed by atoms with Gasteiger partial charge >= 0.3 is 6.03 Å². The van der Waals surface area contributed by atoms with Crippen LogP contribution >= 0.6 is 23.2 Å². The molecule has 1 heterocycles. The Morgan fingerprint density at radius 2 is 1.56 bits per heavy atom. The van der Waals surface area contributed by atoms with Crippen molar-refractivity contribution >= 4 is 40.9 Å². The van der Waals surface area contributed by atoms with Crippen LogP contribution in [0.4, 0.5) is 16.4 Å². The summed E-state index contributed by atoms with van der Waals surface area (Å²) in [5, 5.41) is 4.80. The van der Waals surface area contributed by atoms with Crippen LogP contribution in [0.2, 0.25) is 10.6 Å². The van der Waals surface area contributed by atoms with E-state index in [-0.39, 0.29) is 16.5 Å². The second kappa shape index (κ2) is 5.61. The first-order valence-electron chi connectivity index (χ1n) is 4.83. The first kappa shape index (κ1) is 12.5. The summed E-state index contributed by atoms with van der Waals surface area (Å²) in [4.78, 5) is 22.6. The fourth-order valence-corrected chi connectivity index (χ4v) is 1.53. The zero-order valence-corrected chi connectivity index (χ0v) is 10.4. The Morgan fingerprint density at radius 1 is 0.944 bits per heavy atom. The van der Waals surface area contributed by atoms with Crippen molar-refractivity contribution in [2.75, 3.05) is 10.6 Å². The van der Waals surface area contributed by atoms with Gasteiger partial charge in [0.05, 0.1) is 0 Å². The molecule has 0 aliphatic heterocycles. The van der Waals surface area contributed by atoms with Crippen molar-refractivity contribution in [3.05, 3.63) is 40.9 Å². The van der Waals surface area contributed by atoms with Crippen LogP contribution < -0.4 is 10.6 Å². The van der Waals surface area contributed by atoms with Crippen LogP contribution in [-0.2, 0) is 0 Å². The Balaban J connectivity index is 2.03. The molecule has 2 rings (SSSR count). The molecule has 6 nitrogen and oxygen atoms in total. The van der Waals surface area contributed by atoms with E-state index in [4.69, 9.17) is 23.2 Å². The molecule has 18 heavy (non-hydrogen) atoms. The number of rotatable bonds is 2. The summed E-state index contributed by atoms with van der Waals surface area (Å²) in [6.45, 7) is 0. The van der Waals surface area contributed by atoms with Crippen LogP contribution in [0.5, 0.6) is 0 Å². The van der Waals surface area contributed by atoms with Crippen molar-refractivity contribution in [1.82, 2.24) is 15.0 Å². The van der Waals surface area contributed by atoms with Gasteiger partial charge in [0.2, 0.25) is 16.5 Å². The van der Waals surface area contributed by atoms with E-state index >= 15 is 0 Å². The molecule has 2 N–H and O–H groups in total. The summed E-state index contributed by atoms with van der Waals surface area (Å²) in [6, 6.07) is 8.42. The van der Waals surface area contributed by atoms with Crippen molar-refractivity contribution < 1.29 is 4.79 Å². The number of amides is 2. The molecule has 0 unspecified atom stereocenters. The molecular weight excluding hydrogens is 277 g/mol. The number of hydrogen-bond acceptors (Lipinski definition) is 4. The third-order valence-corrected chi connectivity index (χ3v) is 2.18. The lowest BCUT2D eigenvalue weighted by Crippen LogP contribution is -2.21. The number of benzene rings is 1. The highest BCUT2D eigenvalue weighted by atomic mass is 35.5. The van der Waals surface area contributed by atoms with E-state index in [1.807, 2.05) is 6.07 Å². The average molecular weight is 284 g/mol. The van der Waals surface area contributed by atoms with Crippen LogP contribution in [-0.4, -0.2) is 21.0 Å². The Hall–Kier alpha value is -1.92. The van der Waals surface area contributed by atoms with Crippen LogP contribution in [0.3, 0.4) is 0 Å². The number of anilines is 2. The molecule has 0 spiro atoms. The van der Waals surface area contributed by atoms with E-state index in [0.717, 1.165) is 0 Å². The number of carbonyl (C=O) groups is 1. The first-order chi connectivity index (χ1) is 8.63. The van der Waals surface area contributed by atoms with Gasteiger partial charge in [0.1, 0.15) is 0 Å². The normalized spacial score (nSPS) is 9.89. The fraction of sp³-hybridized carbons (Fsp3) is 0. The first-order valence-corrected chi connectivity index (χ1v) is 5.59. The molecule has 2 aromatic rings. The molecule has 1 aromatic carbocycles. The van der Waals surface area contributed by atoms with Crippen molar-refractivity contribution in [3.63, 3.8) is 0 Å². The summed E-state index contributed by atoms with van der Waals surface area (Å²) in [5.41, 5.74) is 0.640. The average Bonchev–Trinajstić information content (AvgIpc) is 2.28. The van der Waals surface area contributed by atoms with Crippen LogP contribution in [0.25, 0.3) is 0 Å². The number of halogens is 2. The minimum atomic E-state index is -0.500. The molecule has 0 bridgehead atoms. The lowest BCUT2D eigenvalue weighted by molar-refractivity contribution is 0.262. The number of urea groups is 1. The largest absolute Gasteiger partial charge is 0.326 e. The highest BCUT2D eigenvalue weighted by molar-refractivity contribution is 6.31. The number of aromatic nitrogens is 3. The maximum Gasteiger partial charge on any atom is 0.326 e. The molecular formula is C10H7Cl2N5O.